The molecule has 5 nitrogen and oxygen atoms in total. The lowest BCUT2D eigenvalue weighted by molar-refractivity contribution is 0.843. The lowest BCUT2D eigenvalue weighted by Crippen LogP contribution is -2.05. The number of benzene rings is 1. The van der Waals surface area contributed by atoms with Crippen molar-refractivity contribution in [1.82, 2.24) is 19.7 Å². The molecular formula is C13H9BrClN5. The average Bonchev–Trinajstić information content (AvgIpc) is 2.86. The predicted octanol–water partition coefficient (Wildman–Crippen LogP) is 3.33. The van der Waals surface area contributed by atoms with Gasteiger partial charge in [0.15, 0.2) is 5.82 Å². The van der Waals surface area contributed by atoms with E-state index in [-0.39, 0.29) is 0 Å². The summed E-state index contributed by atoms with van der Waals surface area (Å²) >= 11 is 9.28. The molecule has 0 saturated heterocycles. The highest BCUT2D eigenvalue weighted by molar-refractivity contribution is 9.10. The molecule has 0 radical (unpaired) electrons. The van der Waals surface area contributed by atoms with Gasteiger partial charge in [-0.05, 0) is 33.6 Å². The third-order valence-electron chi connectivity index (χ3n) is 2.76. The first kappa shape index (κ1) is 13.1. The Balaban J connectivity index is 2.21. The highest BCUT2D eigenvalue weighted by atomic mass is 79.9. The van der Waals surface area contributed by atoms with Crippen LogP contribution >= 0.6 is 27.5 Å². The van der Waals surface area contributed by atoms with Crippen LogP contribution < -0.4 is 5.73 Å². The number of halogens is 2. The largest absolute Gasteiger partial charge is 0.383 e. The molecule has 3 rings (SSSR count). The van der Waals surface area contributed by atoms with E-state index in [0.717, 1.165) is 15.6 Å². The lowest BCUT2D eigenvalue weighted by atomic mass is 10.1. The number of nitrogen functional groups attached to an aromatic ring is 1. The Morgan fingerprint density at radius 2 is 1.90 bits per heavy atom. The summed E-state index contributed by atoms with van der Waals surface area (Å²) in [5.74, 6) is 1.01. The molecule has 0 saturated carbocycles. The fourth-order valence-electron chi connectivity index (χ4n) is 1.87. The van der Waals surface area contributed by atoms with Crippen molar-refractivity contribution in [3.63, 3.8) is 0 Å². The van der Waals surface area contributed by atoms with Crippen LogP contribution in [0.25, 0.3) is 16.9 Å². The number of nitrogens with two attached hydrogens (primary N) is 1. The zero-order valence-electron chi connectivity index (χ0n) is 10.2. The van der Waals surface area contributed by atoms with E-state index in [0.29, 0.717) is 16.7 Å². The first-order valence-electron chi connectivity index (χ1n) is 5.72. The van der Waals surface area contributed by atoms with Gasteiger partial charge in [0.1, 0.15) is 12.1 Å². The topological polar surface area (TPSA) is 69.6 Å². The first-order chi connectivity index (χ1) is 9.65. The number of anilines is 1. The Bertz CT molecular complexity index is 754. The Hall–Kier alpha value is -1.92. The second-order valence-corrected chi connectivity index (χ2v) is 5.42. The normalized spacial score (nSPS) is 10.7. The first-order valence-corrected chi connectivity index (χ1v) is 6.89. The molecule has 0 bridgehead atoms. The molecule has 0 aliphatic carbocycles. The van der Waals surface area contributed by atoms with Crippen LogP contribution in [0.4, 0.5) is 5.82 Å². The fourth-order valence-corrected chi connectivity index (χ4v) is 2.28. The Morgan fingerprint density at radius 1 is 1.15 bits per heavy atom. The number of hydrogen-bond acceptors (Lipinski definition) is 4. The summed E-state index contributed by atoms with van der Waals surface area (Å²) in [6.45, 7) is 0. The van der Waals surface area contributed by atoms with Gasteiger partial charge in [0.05, 0.1) is 16.2 Å². The molecule has 0 fully saturated rings. The zero-order valence-corrected chi connectivity index (χ0v) is 12.5. The van der Waals surface area contributed by atoms with Crippen molar-refractivity contribution in [1.29, 1.82) is 0 Å². The molecule has 20 heavy (non-hydrogen) atoms. The van der Waals surface area contributed by atoms with Crippen LogP contribution in [0, 0.1) is 0 Å². The van der Waals surface area contributed by atoms with Gasteiger partial charge in [0, 0.05) is 11.2 Å². The van der Waals surface area contributed by atoms with Crippen molar-refractivity contribution in [2.24, 2.45) is 0 Å². The summed E-state index contributed by atoms with van der Waals surface area (Å²) in [6.07, 6.45) is 4.91. The molecular weight excluding hydrogens is 342 g/mol. The SMILES string of the molecule is Nc1ncnc(-n2cc(Br)cn2)c1-c1ccc(Cl)cc1. The van der Waals surface area contributed by atoms with Crippen LogP contribution in [0.15, 0.2) is 47.5 Å². The number of hydrogen-bond donors (Lipinski definition) is 1. The van der Waals surface area contributed by atoms with Gasteiger partial charge >= 0.3 is 0 Å². The van der Waals surface area contributed by atoms with E-state index < -0.39 is 0 Å². The van der Waals surface area contributed by atoms with E-state index in [1.165, 1.54) is 6.33 Å². The van der Waals surface area contributed by atoms with E-state index >= 15 is 0 Å². The maximum Gasteiger partial charge on any atom is 0.166 e. The summed E-state index contributed by atoms with van der Waals surface area (Å²) in [4.78, 5) is 8.33. The van der Waals surface area contributed by atoms with E-state index in [1.807, 2.05) is 12.1 Å². The summed E-state index contributed by atoms with van der Waals surface area (Å²) in [5, 5.41) is 4.89. The average molecular weight is 351 g/mol. The van der Waals surface area contributed by atoms with Crippen molar-refractivity contribution in [2.75, 3.05) is 5.73 Å². The quantitative estimate of drug-likeness (QED) is 0.769. The van der Waals surface area contributed by atoms with Gasteiger partial charge in [-0.1, -0.05) is 23.7 Å². The van der Waals surface area contributed by atoms with Crippen LogP contribution in [0.2, 0.25) is 5.02 Å². The molecule has 100 valence electrons. The number of rotatable bonds is 2. The summed E-state index contributed by atoms with van der Waals surface area (Å²) < 4.78 is 2.50. The van der Waals surface area contributed by atoms with Gasteiger partial charge in [-0.3, -0.25) is 0 Å². The maximum atomic E-state index is 6.00. The van der Waals surface area contributed by atoms with Gasteiger partial charge in [0.25, 0.3) is 0 Å². The third-order valence-corrected chi connectivity index (χ3v) is 3.42. The molecule has 3 aromatic rings. The second-order valence-electron chi connectivity index (χ2n) is 4.07. The van der Waals surface area contributed by atoms with Crippen LogP contribution in [-0.4, -0.2) is 19.7 Å². The van der Waals surface area contributed by atoms with Crippen molar-refractivity contribution >= 4 is 33.3 Å². The van der Waals surface area contributed by atoms with Crippen molar-refractivity contribution < 1.29 is 0 Å². The summed E-state index contributed by atoms with van der Waals surface area (Å²) in [7, 11) is 0. The van der Waals surface area contributed by atoms with Crippen LogP contribution in [0.5, 0.6) is 0 Å². The van der Waals surface area contributed by atoms with E-state index in [1.54, 1.807) is 29.2 Å². The lowest BCUT2D eigenvalue weighted by Gasteiger charge is -2.10. The van der Waals surface area contributed by atoms with Crippen molar-refractivity contribution in [2.45, 2.75) is 0 Å². The van der Waals surface area contributed by atoms with E-state index in [4.69, 9.17) is 17.3 Å². The van der Waals surface area contributed by atoms with Crippen LogP contribution in [0.1, 0.15) is 0 Å². The molecule has 2 aromatic heterocycles. The number of aromatic nitrogens is 4. The summed E-state index contributed by atoms with van der Waals surface area (Å²) in [5.41, 5.74) is 7.60. The molecule has 0 atom stereocenters. The molecule has 2 N–H and O–H groups in total. The monoisotopic (exact) mass is 349 g/mol. The standard InChI is InChI=1S/C13H9BrClN5/c14-9-5-19-20(6-9)13-11(12(16)17-7-18-13)8-1-3-10(15)4-2-8/h1-7H,(H2,16,17,18). The maximum absolute atomic E-state index is 6.00. The highest BCUT2D eigenvalue weighted by Crippen LogP contribution is 2.30. The minimum Gasteiger partial charge on any atom is -0.383 e. The minimum atomic E-state index is 0.393. The van der Waals surface area contributed by atoms with Crippen LogP contribution in [0.3, 0.4) is 0 Å². The van der Waals surface area contributed by atoms with Crippen LogP contribution in [-0.2, 0) is 0 Å². The molecule has 0 aliphatic heterocycles. The van der Waals surface area contributed by atoms with Gasteiger partial charge in [-0.15, -0.1) is 0 Å². The molecule has 0 spiro atoms. The predicted molar refractivity (Wildman–Crippen MR) is 81.7 cm³/mol. The molecule has 7 heteroatoms. The Kier molecular flexibility index (Phi) is 3.42. The van der Waals surface area contributed by atoms with E-state index in [2.05, 4.69) is 31.0 Å². The third kappa shape index (κ3) is 2.39. The highest BCUT2D eigenvalue weighted by Gasteiger charge is 2.14. The molecule has 0 aliphatic rings. The Labute approximate surface area is 128 Å². The number of nitrogens with zero attached hydrogens (tertiary/aromatic N) is 4. The molecule has 2 heterocycles. The fraction of sp³-hybridized carbons (Fsp3) is 0. The van der Waals surface area contributed by atoms with Gasteiger partial charge < -0.3 is 5.73 Å². The van der Waals surface area contributed by atoms with Crippen molar-refractivity contribution in [3.05, 3.63) is 52.5 Å². The zero-order chi connectivity index (χ0) is 14.1. The molecule has 0 amide bonds. The van der Waals surface area contributed by atoms with Gasteiger partial charge in [0.2, 0.25) is 0 Å². The van der Waals surface area contributed by atoms with Crippen molar-refractivity contribution in [3.8, 4) is 16.9 Å². The van der Waals surface area contributed by atoms with E-state index in [9.17, 15) is 0 Å². The minimum absolute atomic E-state index is 0.393. The second kappa shape index (κ2) is 5.22. The summed E-state index contributed by atoms with van der Waals surface area (Å²) in [6, 6.07) is 7.34. The van der Waals surface area contributed by atoms with Gasteiger partial charge in [-0.25, -0.2) is 14.6 Å². The molecule has 1 aromatic carbocycles. The molecule has 0 unspecified atom stereocenters. The smallest absolute Gasteiger partial charge is 0.166 e. The van der Waals surface area contributed by atoms with Gasteiger partial charge in [-0.2, -0.15) is 5.10 Å². The Morgan fingerprint density at radius 3 is 2.55 bits per heavy atom.